The molecule has 50 valence electrons. The van der Waals surface area contributed by atoms with Gasteiger partial charge in [0.25, 0.3) is 5.89 Å². The van der Waals surface area contributed by atoms with Gasteiger partial charge in [0.15, 0.2) is 5.67 Å². The number of alkyl halides is 1. The van der Waals surface area contributed by atoms with Crippen molar-refractivity contribution in [3.05, 3.63) is 12.3 Å². The molecule has 0 saturated carbocycles. The molecule has 0 aliphatic carbocycles. The van der Waals surface area contributed by atoms with Gasteiger partial charge < -0.3 is 4.42 Å². The zero-order chi connectivity index (χ0) is 6.91. The summed E-state index contributed by atoms with van der Waals surface area (Å²) in [5.74, 6) is 0.0162. The fraction of sp³-hybridized carbons (Fsp3) is 0.600. The number of hydrogen-bond acceptors (Lipinski definition) is 3. The molecule has 0 bridgehead atoms. The Balaban J connectivity index is 2.90. The van der Waals surface area contributed by atoms with Crippen LogP contribution in [0.25, 0.3) is 0 Å². The lowest BCUT2D eigenvalue weighted by molar-refractivity contribution is 0.170. The Morgan fingerprint density at radius 3 is 2.56 bits per heavy atom. The lowest BCUT2D eigenvalue weighted by atomic mass is 10.2. The van der Waals surface area contributed by atoms with E-state index in [9.17, 15) is 4.39 Å². The normalized spacial score (nSPS) is 11.9. The number of halogens is 1. The zero-order valence-corrected chi connectivity index (χ0v) is 5.26. The van der Waals surface area contributed by atoms with Gasteiger partial charge in [-0.15, -0.1) is 10.2 Å². The predicted octanol–water partition coefficient (Wildman–Crippen LogP) is 1.27. The van der Waals surface area contributed by atoms with Gasteiger partial charge in [-0.05, 0) is 13.8 Å². The molecule has 0 amide bonds. The molecule has 0 aromatic carbocycles. The fourth-order valence-corrected chi connectivity index (χ4v) is 0.432. The Labute approximate surface area is 51.9 Å². The Bertz CT molecular complexity index is 177. The molecule has 0 spiro atoms. The van der Waals surface area contributed by atoms with Crippen molar-refractivity contribution in [2.45, 2.75) is 19.5 Å². The van der Waals surface area contributed by atoms with Crippen molar-refractivity contribution in [1.82, 2.24) is 10.2 Å². The molecule has 0 aliphatic heterocycles. The van der Waals surface area contributed by atoms with Crippen LogP contribution in [-0.4, -0.2) is 10.2 Å². The first-order valence-corrected chi connectivity index (χ1v) is 2.56. The molecular weight excluding hydrogens is 123 g/mol. The summed E-state index contributed by atoms with van der Waals surface area (Å²) in [7, 11) is 0. The minimum atomic E-state index is -1.52. The first kappa shape index (κ1) is 6.19. The summed E-state index contributed by atoms with van der Waals surface area (Å²) < 4.78 is 17.4. The van der Waals surface area contributed by atoms with E-state index in [1.807, 2.05) is 0 Å². The van der Waals surface area contributed by atoms with Crippen LogP contribution in [0.1, 0.15) is 19.7 Å². The molecule has 9 heavy (non-hydrogen) atoms. The molecule has 0 saturated heterocycles. The van der Waals surface area contributed by atoms with Gasteiger partial charge in [0, 0.05) is 0 Å². The average molecular weight is 130 g/mol. The molecule has 4 heteroatoms. The van der Waals surface area contributed by atoms with Crippen molar-refractivity contribution in [2.75, 3.05) is 0 Å². The van der Waals surface area contributed by atoms with E-state index in [0.717, 1.165) is 6.39 Å². The predicted molar refractivity (Wildman–Crippen MR) is 28.4 cm³/mol. The minimum absolute atomic E-state index is 0.0162. The molecule has 0 unspecified atom stereocenters. The second kappa shape index (κ2) is 1.79. The van der Waals surface area contributed by atoms with E-state index in [4.69, 9.17) is 0 Å². The van der Waals surface area contributed by atoms with Gasteiger partial charge in [-0.25, -0.2) is 4.39 Å². The van der Waals surface area contributed by atoms with E-state index in [-0.39, 0.29) is 5.89 Å². The van der Waals surface area contributed by atoms with Crippen LogP contribution in [0.3, 0.4) is 0 Å². The molecule has 0 N–H and O–H groups in total. The first-order chi connectivity index (χ1) is 4.11. The molecule has 0 fully saturated rings. The maximum absolute atomic E-state index is 12.8. The van der Waals surface area contributed by atoms with E-state index in [1.54, 1.807) is 0 Å². The summed E-state index contributed by atoms with van der Waals surface area (Å²) in [5.41, 5.74) is -1.52. The van der Waals surface area contributed by atoms with Crippen molar-refractivity contribution in [3.63, 3.8) is 0 Å². The zero-order valence-electron chi connectivity index (χ0n) is 5.26. The number of nitrogens with zero attached hydrogens (tertiary/aromatic N) is 2. The highest BCUT2D eigenvalue weighted by atomic mass is 19.1. The first-order valence-electron chi connectivity index (χ1n) is 2.56. The molecule has 1 rings (SSSR count). The van der Waals surface area contributed by atoms with Gasteiger partial charge in [-0.2, -0.15) is 0 Å². The minimum Gasteiger partial charge on any atom is -0.425 e. The van der Waals surface area contributed by atoms with E-state index in [1.165, 1.54) is 13.8 Å². The largest absolute Gasteiger partial charge is 0.425 e. The molecule has 0 atom stereocenters. The highest BCUT2D eigenvalue weighted by molar-refractivity contribution is 4.87. The van der Waals surface area contributed by atoms with Crippen molar-refractivity contribution in [1.29, 1.82) is 0 Å². The highest BCUT2D eigenvalue weighted by Gasteiger charge is 2.24. The van der Waals surface area contributed by atoms with Crippen LogP contribution in [0.2, 0.25) is 0 Å². The van der Waals surface area contributed by atoms with Crippen molar-refractivity contribution < 1.29 is 8.81 Å². The van der Waals surface area contributed by atoms with Crippen LogP contribution < -0.4 is 0 Å². The lowest BCUT2D eigenvalue weighted by Gasteiger charge is -2.05. The molecule has 1 aromatic heterocycles. The molecule has 0 radical (unpaired) electrons. The number of rotatable bonds is 1. The summed E-state index contributed by atoms with van der Waals surface area (Å²) in [6.07, 6.45) is 1.11. The summed E-state index contributed by atoms with van der Waals surface area (Å²) in [6.45, 7) is 2.72. The van der Waals surface area contributed by atoms with Crippen LogP contribution in [0.15, 0.2) is 10.8 Å². The lowest BCUT2D eigenvalue weighted by Crippen LogP contribution is -2.09. The Hall–Kier alpha value is -0.930. The van der Waals surface area contributed by atoms with Gasteiger partial charge >= 0.3 is 0 Å². The second-order valence-corrected chi connectivity index (χ2v) is 2.22. The quantitative estimate of drug-likeness (QED) is 0.574. The maximum Gasteiger partial charge on any atom is 0.252 e. The fourth-order valence-electron chi connectivity index (χ4n) is 0.432. The van der Waals surface area contributed by atoms with Gasteiger partial charge in [0.05, 0.1) is 0 Å². The monoisotopic (exact) mass is 130 g/mol. The van der Waals surface area contributed by atoms with Crippen LogP contribution in [-0.2, 0) is 5.67 Å². The van der Waals surface area contributed by atoms with Gasteiger partial charge in [-0.1, -0.05) is 0 Å². The molecule has 1 aromatic rings. The van der Waals surface area contributed by atoms with Crippen LogP contribution in [0.5, 0.6) is 0 Å². The summed E-state index contributed by atoms with van der Waals surface area (Å²) >= 11 is 0. The molecule has 0 aliphatic rings. The van der Waals surface area contributed by atoms with Crippen LogP contribution in [0.4, 0.5) is 4.39 Å². The third-order valence-corrected chi connectivity index (χ3v) is 0.869. The number of hydrogen-bond donors (Lipinski definition) is 0. The van der Waals surface area contributed by atoms with E-state index in [2.05, 4.69) is 14.6 Å². The van der Waals surface area contributed by atoms with Gasteiger partial charge in [-0.3, -0.25) is 0 Å². The summed E-state index contributed by atoms with van der Waals surface area (Å²) in [4.78, 5) is 0. The van der Waals surface area contributed by atoms with Gasteiger partial charge in [0.1, 0.15) is 0 Å². The SMILES string of the molecule is CC(C)(F)c1nnco1. The van der Waals surface area contributed by atoms with E-state index in [0.29, 0.717) is 0 Å². The van der Waals surface area contributed by atoms with Crippen LogP contribution >= 0.6 is 0 Å². The molecular formula is C5H7FN2O. The second-order valence-electron chi connectivity index (χ2n) is 2.22. The molecule has 1 heterocycles. The standard InChI is InChI=1S/C5H7FN2O/c1-5(2,6)4-8-7-3-9-4/h3H,1-2H3. The van der Waals surface area contributed by atoms with Crippen molar-refractivity contribution >= 4 is 0 Å². The van der Waals surface area contributed by atoms with Crippen molar-refractivity contribution in [3.8, 4) is 0 Å². The Morgan fingerprint density at radius 2 is 2.33 bits per heavy atom. The van der Waals surface area contributed by atoms with Gasteiger partial charge in [0.2, 0.25) is 6.39 Å². The topological polar surface area (TPSA) is 38.9 Å². The van der Waals surface area contributed by atoms with E-state index >= 15 is 0 Å². The number of aromatic nitrogens is 2. The molecule has 3 nitrogen and oxygen atoms in total. The van der Waals surface area contributed by atoms with E-state index < -0.39 is 5.67 Å². The van der Waals surface area contributed by atoms with Crippen LogP contribution in [0, 0.1) is 0 Å². The summed E-state index contributed by atoms with van der Waals surface area (Å²) in [6, 6.07) is 0. The third-order valence-electron chi connectivity index (χ3n) is 0.869. The highest BCUT2D eigenvalue weighted by Crippen LogP contribution is 2.20. The Kier molecular flexibility index (Phi) is 1.23. The Morgan fingerprint density at radius 1 is 1.67 bits per heavy atom. The maximum atomic E-state index is 12.8. The van der Waals surface area contributed by atoms with Crippen molar-refractivity contribution in [2.24, 2.45) is 0 Å². The average Bonchev–Trinajstić information content (AvgIpc) is 2.08. The smallest absolute Gasteiger partial charge is 0.252 e. The summed E-state index contributed by atoms with van der Waals surface area (Å²) in [5, 5.41) is 6.73. The third kappa shape index (κ3) is 1.25.